The number of benzene rings is 3. The fourth-order valence-corrected chi connectivity index (χ4v) is 4.55. The van der Waals surface area contributed by atoms with Gasteiger partial charge in [-0.25, -0.2) is 0 Å². The summed E-state index contributed by atoms with van der Waals surface area (Å²) in [6.07, 6.45) is 4.21. The molecule has 1 aromatic heterocycles. The number of hydrogen-bond donors (Lipinski definition) is 0. The third-order valence-electron chi connectivity index (χ3n) is 5.77. The summed E-state index contributed by atoms with van der Waals surface area (Å²) < 4.78 is 5.32. The number of aryl methyl sites for hydroxylation is 2. The summed E-state index contributed by atoms with van der Waals surface area (Å²) >= 11 is 0. The average Bonchev–Trinajstić information content (AvgIpc) is 3.21. The number of carbonyl (C=O) groups is 1. The van der Waals surface area contributed by atoms with Gasteiger partial charge in [0.15, 0.2) is 5.76 Å². The smallest absolute Gasteiger partial charge is 0.201 e. The molecule has 0 N–H and O–H groups in total. The van der Waals surface area contributed by atoms with E-state index in [9.17, 15) is 4.79 Å². The van der Waals surface area contributed by atoms with Crippen molar-refractivity contribution in [3.8, 4) is 0 Å². The maximum absolute atomic E-state index is 12.7. The SMILES string of the molecule is Cc1cc2ccccc2c2ccc3c(c12)CCC(C(=O)c1ccco1)C3. The van der Waals surface area contributed by atoms with Crippen molar-refractivity contribution in [2.24, 2.45) is 5.92 Å². The molecule has 1 atom stereocenters. The van der Waals surface area contributed by atoms with Crippen molar-refractivity contribution in [1.29, 1.82) is 0 Å². The van der Waals surface area contributed by atoms with E-state index in [0.29, 0.717) is 5.76 Å². The monoisotopic (exact) mass is 340 g/mol. The normalized spacial score (nSPS) is 16.7. The molecule has 1 unspecified atom stereocenters. The Morgan fingerprint density at radius 2 is 1.92 bits per heavy atom. The molecule has 1 heterocycles. The molecule has 0 saturated carbocycles. The number of carbonyl (C=O) groups excluding carboxylic acids is 1. The largest absolute Gasteiger partial charge is 0.461 e. The lowest BCUT2D eigenvalue weighted by Gasteiger charge is -2.25. The van der Waals surface area contributed by atoms with Gasteiger partial charge in [0, 0.05) is 5.92 Å². The second-order valence-corrected chi connectivity index (χ2v) is 7.32. The summed E-state index contributed by atoms with van der Waals surface area (Å²) in [4.78, 5) is 12.7. The number of hydrogen-bond acceptors (Lipinski definition) is 2. The quantitative estimate of drug-likeness (QED) is 0.337. The fraction of sp³-hybridized carbons (Fsp3) is 0.208. The van der Waals surface area contributed by atoms with Gasteiger partial charge in [0.2, 0.25) is 5.78 Å². The molecule has 1 aliphatic carbocycles. The zero-order valence-corrected chi connectivity index (χ0v) is 14.8. The lowest BCUT2D eigenvalue weighted by molar-refractivity contribution is 0.0880. The molecular weight excluding hydrogens is 320 g/mol. The van der Waals surface area contributed by atoms with Crippen molar-refractivity contribution >= 4 is 27.3 Å². The zero-order valence-electron chi connectivity index (χ0n) is 14.8. The second kappa shape index (κ2) is 5.84. The summed E-state index contributed by atoms with van der Waals surface area (Å²) in [5, 5.41) is 5.31. The van der Waals surface area contributed by atoms with Crippen molar-refractivity contribution in [3.05, 3.63) is 83.3 Å². The van der Waals surface area contributed by atoms with Gasteiger partial charge in [0.05, 0.1) is 6.26 Å². The van der Waals surface area contributed by atoms with Crippen LogP contribution < -0.4 is 0 Å². The molecule has 26 heavy (non-hydrogen) atoms. The van der Waals surface area contributed by atoms with Crippen LogP contribution in [-0.4, -0.2) is 5.78 Å². The first-order chi connectivity index (χ1) is 12.7. The standard InChI is InChI=1S/C24H20O2/c1-15-13-16-5-2-3-6-19(16)21-11-8-17-14-18(9-10-20(17)23(15)21)24(25)22-7-4-12-26-22/h2-8,11-13,18H,9-10,14H2,1H3. The summed E-state index contributed by atoms with van der Waals surface area (Å²) in [6, 6.07) is 18.9. The van der Waals surface area contributed by atoms with E-state index in [1.54, 1.807) is 18.4 Å². The summed E-state index contributed by atoms with van der Waals surface area (Å²) in [6.45, 7) is 2.20. The Morgan fingerprint density at radius 1 is 1.04 bits per heavy atom. The highest BCUT2D eigenvalue weighted by Gasteiger charge is 2.28. The topological polar surface area (TPSA) is 30.2 Å². The minimum atomic E-state index is 0.0202. The van der Waals surface area contributed by atoms with E-state index in [1.165, 1.54) is 38.2 Å². The van der Waals surface area contributed by atoms with E-state index >= 15 is 0 Å². The third kappa shape index (κ3) is 2.29. The van der Waals surface area contributed by atoms with Crippen LogP contribution in [0.25, 0.3) is 21.5 Å². The first kappa shape index (κ1) is 15.4. The number of furan rings is 1. The highest BCUT2D eigenvalue weighted by molar-refractivity contribution is 6.10. The van der Waals surface area contributed by atoms with Gasteiger partial charge < -0.3 is 4.42 Å². The van der Waals surface area contributed by atoms with Gasteiger partial charge in [-0.15, -0.1) is 0 Å². The van der Waals surface area contributed by atoms with E-state index < -0.39 is 0 Å². The number of fused-ring (bicyclic) bond motifs is 5. The molecule has 0 aliphatic heterocycles. The van der Waals surface area contributed by atoms with Gasteiger partial charge in [0.25, 0.3) is 0 Å². The molecule has 0 bridgehead atoms. The van der Waals surface area contributed by atoms with Crippen LogP contribution >= 0.6 is 0 Å². The van der Waals surface area contributed by atoms with Crippen molar-refractivity contribution in [2.45, 2.75) is 26.2 Å². The molecular formula is C24H20O2. The Bertz CT molecular complexity index is 1140. The van der Waals surface area contributed by atoms with Crippen LogP contribution in [0, 0.1) is 12.8 Å². The fourth-order valence-electron chi connectivity index (χ4n) is 4.55. The first-order valence-electron chi connectivity index (χ1n) is 9.23. The highest BCUT2D eigenvalue weighted by atomic mass is 16.3. The van der Waals surface area contributed by atoms with Crippen molar-refractivity contribution in [1.82, 2.24) is 0 Å². The predicted octanol–water partition coefficient (Wildman–Crippen LogP) is 5.88. The third-order valence-corrected chi connectivity index (χ3v) is 5.77. The molecule has 5 rings (SSSR count). The minimum absolute atomic E-state index is 0.0202. The molecule has 0 spiro atoms. The van der Waals surface area contributed by atoms with E-state index in [2.05, 4.69) is 49.4 Å². The molecule has 128 valence electrons. The number of Topliss-reactive ketones (excluding diaryl/α,β-unsaturated/α-hetero) is 1. The Labute approximate surface area is 152 Å². The lowest BCUT2D eigenvalue weighted by Crippen LogP contribution is -2.22. The van der Waals surface area contributed by atoms with Gasteiger partial charge in [-0.2, -0.15) is 0 Å². The zero-order chi connectivity index (χ0) is 17.7. The van der Waals surface area contributed by atoms with E-state index in [1.807, 2.05) is 0 Å². The van der Waals surface area contributed by atoms with Gasteiger partial charge in [0.1, 0.15) is 0 Å². The molecule has 2 nitrogen and oxygen atoms in total. The van der Waals surface area contributed by atoms with Crippen LogP contribution in [0.4, 0.5) is 0 Å². The van der Waals surface area contributed by atoms with Gasteiger partial charge in [-0.1, -0.05) is 42.5 Å². The molecule has 0 radical (unpaired) electrons. The molecule has 2 heteroatoms. The first-order valence-corrected chi connectivity index (χ1v) is 9.23. The Hall–Kier alpha value is -2.87. The minimum Gasteiger partial charge on any atom is -0.461 e. The van der Waals surface area contributed by atoms with E-state index in [0.717, 1.165) is 19.3 Å². The molecule has 0 saturated heterocycles. The Morgan fingerprint density at radius 3 is 2.77 bits per heavy atom. The summed E-state index contributed by atoms with van der Waals surface area (Å²) in [5.41, 5.74) is 4.06. The highest BCUT2D eigenvalue weighted by Crippen LogP contribution is 2.37. The van der Waals surface area contributed by atoms with Gasteiger partial charge in [-0.05, 0) is 76.6 Å². The van der Waals surface area contributed by atoms with Crippen LogP contribution in [-0.2, 0) is 12.8 Å². The predicted molar refractivity (Wildman–Crippen MR) is 105 cm³/mol. The Kier molecular flexibility index (Phi) is 3.46. The van der Waals surface area contributed by atoms with Crippen LogP contribution in [0.1, 0.15) is 33.7 Å². The van der Waals surface area contributed by atoms with Crippen LogP contribution in [0.15, 0.2) is 65.3 Å². The average molecular weight is 340 g/mol. The van der Waals surface area contributed by atoms with Crippen molar-refractivity contribution < 1.29 is 9.21 Å². The molecule has 0 fully saturated rings. The van der Waals surface area contributed by atoms with Crippen LogP contribution in [0.5, 0.6) is 0 Å². The van der Waals surface area contributed by atoms with E-state index in [4.69, 9.17) is 4.42 Å². The Balaban J connectivity index is 1.62. The van der Waals surface area contributed by atoms with E-state index in [-0.39, 0.29) is 11.7 Å². The maximum atomic E-state index is 12.7. The number of rotatable bonds is 2. The van der Waals surface area contributed by atoms with Crippen LogP contribution in [0.3, 0.4) is 0 Å². The molecule has 4 aromatic rings. The molecule has 0 amide bonds. The summed E-state index contributed by atoms with van der Waals surface area (Å²) in [5.74, 6) is 0.643. The van der Waals surface area contributed by atoms with Crippen molar-refractivity contribution in [2.75, 3.05) is 0 Å². The van der Waals surface area contributed by atoms with Gasteiger partial charge >= 0.3 is 0 Å². The molecule has 1 aliphatic rings. The summed E-state index contributed by atoms with van der Waals surface area (Å²) in [7, 11) is 0. The van der Waals surface area contributed by atoms with Crippen molar-refractivity contribution in [3.63, 3.8) is 0 Å². The lowest BCUT2D eigenvalue weighted by atomic mass is 9.78. The van der Waals surface area contributed by atoms with Gasteiger partial charge in [-0.3, -0.25) is 4.79 Å². The van der Waals surface area contributed by atoms with Crippen LogP contribution in [0.2, 0.25) is 0 Å². The molecule has 3 aromatic carbocycles. The second-order valence-electron chi connectivity index (χ2n) is 7.32. The maximum Gasteiger partial charge on any atom is 0.201 e. The number of ketones is 1.